The van der Waals surface area contributed by atoms with Crippen LogP contribution in [-0.4, -0.2) is 32.7 Å². The van der Waals surface area contributed by atoms with E-state index in [1.54, 1.807) is 7.11 Å². The van der Waals surface area contributed by atoms with Crippen LogP contribution in [0.25, 0.3) is 0 Å². The van der Waals surface area contributed by atoms with Crippen LogP contribution in [0.1, 0.15) is 37.2 Å². The number of anilines is 1. The van der Waals surface area contributed by atoms with Gasteiger partial charge >= 0.3 is 0 Å². The van der Waals surface area contributed by atoms with Crippen LogP contribution >= 0.6 is 0 Å². The molecular formula is C17H24N2O2. The Bertz CT molecular complexity index is 511. The van der Waals surface area contributed by atoms with Gasteiger partial charge in [0.05, 0.1) is 5.92 Å². The lowest BCUT2D eigenvalue weighted by Crippen LogP contribution is -2.36. The fourth-order valence-electron chi connectivity index (χ4n) is 3.15. The van der Waals surface area contributed by atoms with Gasteiger partial charge in [-0.1, -0.05) is 18.2 Å². The van der Waals surface area contributed by atoms with Crippen molar-refractivity contribution in [3.05, 3.63) is 29.8 Å². The standard InChI is InChI=1S/C17H24N2O2/c1-21-11-9-17(7-8-17)12-19-16(20)14-6-10-18-15-5-3-2-4-13(14)15/h2-5,14,18H,6-12H2,1H3,(H,19,20). The zero-order valence-electron chi connectivity index (χ0n) is 12.7. The van der Waals surface area contributed by atoms with Gasteiger partial charge in [0.15, 0.2) is 0 Å². The van der Waals surface area contributed by atoms with Crippen LogP contribution < -0.4 is 10.6 Å². The van der Waals surface area contributed by atoms with Gasteiger partial charge in [0.2, 0.25) is 5.91 Å². The molecule has 4 nitrogen and oxygen atoms in total. The van der Waals surface area contributed by atoms with Gasteiger partial charge in [-0.2, -0.15) is 0 Å². The molecule has 1 heterocycles. The monoisotopic (exact) mass is 288 g/mol. The molecule has 1 atom stereocenters. The highest BCUT2D eigenvalue weighted by Gasteiger charge is 2.42. The van der Waals surface area contributed by atoms with Crippen molar-refractivity contribution < 1.29 is 9.53 Å². The largest absolute Gasteiger partial charge is 0.385 e. The molecule has 1 amide bonds. The minimum absolute atomic E-state index is 0.0133. The average molecular weight is 288 g/mol. The average Bonchev–Trinajstić information content (AvgIpc) is 3.30. The van der Waals surface area contributed by atoms with Crippen molar-refractivity contribution in [2.24, 2.45) is 5.41 Å². The third-order valence-corrected chi connectivity index (χ3v) is 4.83. The van der Waals surface area contributed by atoms with E-state index in [-0.39, 0.29) is 11.8 Å². The minimum Gasteiger partial charge on any atom is -0.385 e. The van der Waals surface area contributed by atoms with E-state index < -0.39 is 0 Å². The van der Waals surface area contributed by atoms with E-state index in [0.717, 1.165) is 43.8 Å². The lowest BCUT2D eigenvalue weighted by molar-refractivity contribution is -0.123. The predicted octanol–water partition coefficient (Wildman–Crippen LogP) is 2.52. The molecule has 2 aliphatic rings. The van der Waals surface area contributed by atoms with Gasteiger partial charge < -0.3 is 15.4 Å². The van der Waals surface area contributed by atoms with Crippen LogP contribution in [0.4, 0.5) is 5.69 Å². The molecule has 1 unspecified atom stereocenters. The van der Waals surface area contributed by atoms with E-state index in [1.807, 2.05) is 12.1 Å². The number of benzene rings is 1. The highest BCUT2D eigenvalue weighted by molar-refractivity contribution is 5.86. The van der Waals surface area contributed by atoms with Gasteiger partial charge in [-0.05, 0) is 42.7 Å². The number of para-hydroxylation sites is 1. The number of fused-ring (bicyclic) bond motifs is 1. The molecule has 1 aliphatic heterocycles. The minimum atomic E-state index is -0.0133. The van der Waals surface area contributed by atoms with Gasteiger partial charge in [0, 0.05) is 32.5 Å². The molecule has 0 saturated heterocycles. The smallest absolute Gasteiger partial charge is 0.227 e. The molecule has 1 saturated carbocycles. The van der Waals surface area contributed by atoms with Crippen LogP contribution in [-0.2, 0) is 9.53 Å². The van der Waals surface area contributed by atoms with Crippen molar-refractivity contribution in [3.8, 4) is 0 Å². The Balaban J connectivity index is 1.59. The van der Waals surface area contributed by atoms with Crippen LogP contribution in [0.5, 0.6) is 0 Å². The molecule has 4 heteroatoms. The number of hydrogen-bond donors (Lipinski definition) is 2. The molecule has 3 rings (SSSR count). The molecule has 21 heavy (non-hydrogen) atoms. The molecule has 114 valence electrons. The number of hydrogen-bond acceptors (Lipinski definition) is 3. The van der Waals surface area contributed by atoms with Gasteiger partial charge in [-0.3, -0.25) is 4.79 Å². The molecule has 1 aromatic carbocycles. The number of rotatable bonds is 6. The Kier molecular flexibility index (Phi) is 4.15. The molecule has 0 bridgehead atoms. The summed E-state index contributed by atoms with van der Waals surface area (Å²) in [4.78, 5) is 12.5. The Morgan fingerprint density at radius 3 is 3.00 bits per heavy atom. The van der Waals surface area contributed by atoms with Gasteiger partial charge in [-0.15, -0.1) is 0 Å². The molecule has 1 aliphatic carbocycles. The molecule has 1 fully saturated rings. The lowest BCUT2D eigenvalue weighted by atomic mass is 9.90. The fourth-order valence-corrected chi connectivity index (χ4v) is 3.15. The maximum Gasteiger partial charge on any atom is 0.227 e. The van der Waals surface area contributed by atoms with E-state index in [0.29, 0.717) is 5.41 Å². The van der Waals surface area contributed by atoms with Crippen molar-refractivity contribution in [3.63, 3.8) is 0 Å². The van der Waals surface area contributed by atoms with Gasteiger partial charge in [-0.25, -0.2) is 0 Å². The Morgan fingerprint density at radius 2 is 2.24 bits per heavy atom. The zero-order valence-corrected chi connectivity index (χ0v) is 12.7. The summed E-state index contributed by atoms with van der Waals surface area (Å²) >= 11 is 0. The summed E-state index contributed by atoms with van der Waals surface area (Å²) in [5.41, 5.74) is 2.53. The van der Waals surface area contributed by atoms with Crippen LogP contribution in [0.15, 0.2) is 24.3 Å². The first-order chi connectivity index (χ1) is 10.2. The maximum atomic E-state index is 12.5. The molecule has 0 spiro atoms. The Hall–Kier alpha value is -1.55. The Labute approximate surface area is 126 Å². The van der Waals surface area contributed by atoms with E-state index >= 15 is 0 Å². The van der Waals surface area contributed by atoms with E-state index in [2.05, 4.69) is 22.8 Å². The number of carbonyl (C=O) groups is 1. The van der Waals surface area contributed by atoms with Crippen molar-refractivity contribution in [2.75, 3.05) is 32.1 Å². The SMILES string of the molecule is COCCC1(CNC(=O)C2CCNc3ccccc32)CC1. The quantitative estimate of drug-likeness (QED) is 0.845. The number of amides is 1. The lowest BCUT2D eigenvalue weighted by Gasteiger charge is -2.26. The fraction of sp³-hybridized carbons (Fsp3) is 0.588. The van der Waals surface area contributed by atoms with Crippen LogP contribution in [0, 0.1) is 5.41 Å². The van der Waals surface area contributed by atoms with Gasteiger partial charge in [0.1, 0.15) is 0 Å². The Morgan fingerprint density at radius 1 is 1.43 bits per heavy atom. The van der Waals surface area contributed by atoms with Crippen molar-refractivity contribution >= 4 is 11.6 Å². The van der Waals surface area contributed by atoms with Gasteiger partial charge in [0.25, 0.3) is 0 Å². The molecule has 0 radical (unpaired) electrons. The summed E-state index contributed by atoms with van der Waals surface area (Å²) in [5, 5.41) is 6.55. The topological polar surface area (TPSA) is 50.4 Å². The number of methoxy groups -OCH3 is 1. The summed E-state index contributed by atoms with van der Waals surface area (Å²) < 4.78 is 5.17. The van der Waals surface area contributed by atoms with Crippen LogP contribution in [0.3, 0.4) is 0 Å². The number of carbonyl (C=O) groups excluding carboxylic acids is 1. The highest BCUT2D eigenvalue weighted by Crippen LogP contribution is 2.48. The zero-order chi connectivity index (χ0) is 14.7. The number of ether oxygens (including phenoxy) is 1. The third-order valence-electron chi connectivity index (χ3n) is 4.83. The maximum absolute atomic E-state index is 12.5. The molecular weight excluding hydrogens is 264 g/mol. The molecule has 0 aromatic heterocycles. The summed E-state index contributed by atoms with van der Waals surface area (Å²) in [5.74, 6) is 0.160. The van der Waals surface area contributed by atoms with Crippen molar-refractivity contribution in [1.82, 2.24) is 5.32 Å². The first-order valence-electron chi connectivity index (χ1n) is 7.84. The normalized spacial score (nSPS) is 22.0. The van der Waals surface area contributed by atoms with Crippen molar-refractivity contribution in [2.45, 2.75) is 31.6 Å². The second kappa shape index (κ2) is 6.06. The third kappa shape index (κ3) is 3.21. The summed E-state index contributed by atoms with van der Waals surface area (Å²) in [6.45, 7) is 2.44. The first kappa shape index (κ1) is 14.4. The predicted molar refractivity (Wildman–Crippen MR) is 83.5 cm³/mol. The first-order valence-corrected chi connectivity index (χ1v) is 7.84. The summed E-state index contributed by atoms with van der Waals surface area (Å²) in [6, 6.07) is 8.13. The van der Waals surface area contributed by atoms with Crippen LogP contribution in [0.2, 0.25) is 0 Å². The summed E-state index contributed by atoms with van der Waals surface area (Å²) in [7, 11) is 1.74. The molecule has 1 aromatic rings. The number of nitrogens with one attached hydrogen (secondary N) is 2. The van der Waals surface area contributed by atoms with E-state index in [1.165, 1.54) is 12.8 Å². The highest BCUT2D eigenvalue weighted by atomic mass is 16.5. The second-order valence-electron chi connectivity index (χ2n) is 6.32. The van der Waals surface area contributed by atoms with E-state index in [9.17, 15) is 4.79 Å². The molecule has 2 N–H and O–H groups in total. The summed E-state index contributed by atoms with van der Waals surface area (Å²) in [6.07, 6.45) is 4.33. The van der Waals surface area contributed by atoms with E-state index in [4.69, 9.17) is 4.74 Å². The van der Waals surface area contributed by atoms with Crippen molar-refractivity contribution in [1.29, 1.82) is 0 Å². The second-order valence-corrected chi connectivity index (χ2v) is 6.32.